The Hall–Kier alpha value is -4.11. The number of carboxylic acid groups (broad SMARTS) is 1. The minimum absolute atomic E-state index is 0.198. The molecule has 0 saturated carbocycles. The van der Waals surface area contributed by atoms with Crippen molar-refractivity contribution in [3.63, 3.8) is 0 Å². The number of carbonyl (C=O) groups excluding carboxylic acids is 3. The van der Waals surface area contributed by atoms with E-state index in [4.69, 9.17) is 5.11 Å². The first-order valence-electron chi connectivity index (χ1n) is 11.9. The van der Waals surface area contributed by atoms with Gasteiger partial charge in [-0.15, -0.1) is 0 Å². The van der Waals surface area contributed by atoms with Crippen molar-refractivity contribution in [2.45, 2.75) is 26.8 Å². The maximum absolute atomic E-state index is 13.1. The van der Waals surface area contributed by atoms with E-state index >= 15 is 0 Å². The zero-order chi connectivity index (χ0) is 26.3. The first-order chi connectivity index (χ1) is 17.7. The van der Waals surface area contributed by atoms with Crippen LogP contribution in [0.25, 0.3) is 11.8 Å². The number of rotatable bonds is 5. The van der Waals surface area contributed by atoms with Gasteiger partial charge in [0, 0.05) is 30.2 Å². The summed E-state index contributed by atoms with van der Waals surface area (Å²) in [5, 5.41) is 8.69. The Labute approximate surface area is 218 Å². The van der Waals surface area contributed by atoms with Gasteiger partial charge in [0.05, 0.1) is 10.5 Å². The number of aryl methyl sites for hydroxylation is 1. The van der Waals surface area contributed by atoms with E-state index in [0.29, 0.717) is 13.1 Å². The fourth-order valence-electron chi connectivity index (χ4n) is 4.81. The van der Waals surface area contributed by atoms with Crippen LogP contribution in [0, 0.1) is 13.8 Å². The Morgan fingerprint density at radius 1 is 1.03 bits per heavy atom. The summed E-state index contributed by atoms with van der Waals surface area (Å²) >= 11 is 0.832. The van der Waals surface area contributed by atoms with Crippen molar-refractivity contribution in [1.29, 1.82) is 0 Å². The lowest BCUT2D eigenvalue weighted by molar-refractivity contribution is -0.136. The van der Waals surface area contributed by atoms with Gasteiger partial charge in [-0.05, 0) is 85.1 Å². The van der Waals surface area contributed by atoms with Crippen LogP contribution >= 0.6 is 11.8 Å². The first kappa shape index (κ1) is 24.6. The number of benzene rings is 2. The third-order valence-corrected chi connectivity index (χ3v) is 7.69. The molecule has 0 aliphatic carbocycles. The molecule has 0 spiro atoms. The minimum atomic E-state index is -0.993. The van der Waals surface area contributed by atoms with E-state index in [2.05, 4.69) is 6.07 Å². The Kier molecular flexibility index (Phi) is 6.47. The average molecular weight is 516 g/mol. The molecule has 0 radical (unpaired) electrons. The van der Waals surface area contributed by atoms with Gasteiger partial charge < -0.3 is 14.6 Å². The van der Waals surface area contributed by atoms with Crippen LogP contribution in [0.4, 0.5) is 4.79 Å². The second kappa shape index (κ2) is 9.74. The molecule has 188 valence electrons. The van der Waals surface area contributed by atoms with E-state index < -0.39 is 17.1 Å². The van der Waals surface area contributed by atoms with Crippen molar-refractivity contribution in [1.82, 2.24) is 14.4 Å². The highest BCUT2D eigenvalue weighted by Gasteiger charge is 2.37. The molecule has 9 heteroatoms. The SMILES string of the molecule is Cc1cc(/C=C2/SC(=O)N(CC(=O)N3CCc4ccccc4C3)C2=O)c(C)n1-c1ccc(C(=O)O)cc1. The highest BCUT2D eigenvalue weighted by molar-refractivity contribution is 8.18. The van der Waals surface area contributed by atoms with Gasteiger partial charge in [0.15, 0.2) is 0 Å². The number of aromatic nitrogens is 1. The van der Waals surface area contributed by atoms with Gasteiger partial charge in [-0.25, -0.2) is 4.79 Å². The number of amides is 3. The third kappa shape index (κ3) is 4.70. The molecular weight excluding hydrogens is 490 g/mol. The van der Waals surface area contributed by atoms with Crippen LogP contribution in [0.2, 0.25) is 0 Å². The summed E-state index contributed by atoms with van der Waals surface area (Å²) in [4.78, 5) is 52.9. The molecule has 37 heavy (non-hydrogen) atoms. The number of thioether (sulfide) groups is 1. The number of nitrogens with zero attached hydrogens (tertiary/aromatic N) is 3. The Morgan fingerprint density at radius 2 is 1.73 bits per heavy atom. The van der Waals surface area contributed by atoms with Crippen molar-refractivity contribution in [2.24, 2.45) is 0 Å². The predicted octanol–water partition coefficient (Wildman–Crippen LogP) is 4.41. The molecule has 0 unspecified atom stereocenters. The van der Waals surface area contributed by atoms with Crippen LogP contribution in [-0.2, 0) is 22.6 Å². The normalized spacial score (nSPS) is 16.4. The number of hydrogen-bond acceptors (Lipinski definition) is 5. The lowest BCUT2D eigenvalue weighted by Gasteiger charge is -2.29. The summed E-state index contributed by atoms with van der Waals surface area (Å²) in [5.41, 5.74) is 5.80. The number of fused-ring (bicyclic) bond motifs is 1. The van der Waals surface area contributed by atoms with Gasteiger partial charge >= 0.3 is 5.97 Å². The summed E-state index contributed by atoms with van der Waals surface area (Å²) in [6, 6.07) is 16.4. The van der Waals surface area contributed by atoms with E-state index in [1.54, 1.807) is 35.2 Å². The predicted molar refractivity (Wildman–Crippen MR) is 140 cm³/mol. The maximum Gasteiger partial charge on any atom is 0.335 e. The van der Waals surface area contributed by atoms with Crippen molar-refractivity contribution >= 4 is 40.9 Å². The number of aromatic carboxylic acids is 1. The summed E-state index contributed by atoms with van der Waals surface area (Å²) in [7, 11) is 0. The van der Waals surface area contributed by atoms with Crippen LogP contribution in [0.15, 0.2) is 59.5 Å². The molecule has 2 aliphatic rings. The molecule has 1 fully saturated rings. The van der Waals surface area contributed by atoms with Gasteiger partial charge in [0.2, 0.25) is 5.91 Å². The molecule has 1 saturated heterocycles. The highest BCUT2D eigenvalue weighted by Crippen LogP contribution is 2.34. The second-order valence-corrected chi connectivity index (χ2v) is 10.1. The van der Waals surface area contributed by atoms with Crippen molar-refractivity contribution in [3.05, 3.63) is 93.1 Å². The largest absolute Gasteiger partial charge is 0.478 e. The third-order valence-electron chi connectivity index (χ3n) is 6.78. The van der Waals surface area contributed by atoms with E-state index in [1.165, 1.54) is 5.56 Å². The van der Waals surface area contributed by atoms with Gasteiger partial charge in [-0.2, -0.15) is 0 Å². The average Bonchev–Trinajstić information content (AvgIpc) is 3.32. The number of carboxylic acids is 1. The first-order valence-corrected chi connectivity index (χ1v) is 12.7. The smallest absolute Gasteiger partial charge is 0.335 e. The molecule has 5 rings (SSSR count). The standard InChI is InChI=1S/C28H25N3O5S/c1-17-13-22(18(2)31(17)23-9-7-20(8-10-23)27(34)35)14-24-26(33)30(28(36)37-24)16-25(32)29-12-11-19-5-3-4-6-21(19)15-29/h3-10,13-14H,11-12,15-16H2,1-2H3,(H,34,35)/b24-14+. The van der Waals surface area contributed by atoms with Gasteiger partial charge in [-0.1, -0.05) is 24.3 Å². The van der Waals surface area contributed by atoms with E-state index in [1.807, 2.05) is 42.7 Å². The molecule has 3 heterocycles. The lowest BCUT2D eigenvalue weighted by atomic mass is 10.00. The Bertz CT molecular complexity index is 1470. The molecule has 2 aromatic carbocycles. The van der Waals surface area contributed by atoms with Crippen molar-refractivity contribution in [2.75, 3.05) is 13.1 Å². The molecule has 1 aromatic heterocycles. The summed E-state index contributed by atoms with van der Waals surface area (Å²) in [5.74, 6) is -1.72. The van der Waals surface area contributed by atoms with Crippen molar-refractivity contribution in [3.8, 4) is 5.69 Å². The molecule has 3 aromatic rings. The Balaban J connectivity index is 1.33. The molecular formula is C28H25N3O5S. The molecule has 3 amide bonds. The minimum Gasteiger partial charge on any atom is -0.478 e. The van der Waals surface area contributed by atoms with Crippen LogP contribution in [0.5, 0.6) is 0 Å². The maximum atomic E-state index is 13.1. The number of imide groups is 1. The fraction of sp³-hybridized carbons (Fsp3) is 0.214. The second-order valence-electron chi connectivity index (χ2n) is 9.12. The van der Waals surface area contributed by atoms with Crippen LogP contribution < -0.4 is 0 Å². The van der Waals surface area contributed by atoms with Crippen LogP contribution in [0.3, 0.4) is 0 Å². The topological polar surface area (TPSA) is 99.9 Å². The summed E-state index contributed by atoms with van der Waals surface area (Å²) in [6.07, 6.45) is 2.43. The van der Waals surface area contributed by atoms with E-state index in [9.17, 15) is 19.2 Å². The van der Waals surface area contributed by atoms with Crippen LogP contribution in [0.1, 0.15) is 38.4 Å². The molecule has 8 nitrogen and oxygen atoms in total. The van der Waals surface area contributed by atoms with Gasteiger partial charge in [-0.3, -0.25) is 19.3 Å². The van der Waals surface area contributed by atoms with Gasteiger partial charge in [0.25, 0.3) is 11.1 Å². The summed E-state index contributed by atoms with van der Waals surface area (Å²) < 4.78 is 1.96. The molecule has 2 aliphatic heterocycles. The fourth-order valence-corrected chi connectivity index (χ4v) is 5.63. The van der Waals surface area contributed by atoms with Crippen molar-refractivity contribution < 1.29 is 24.3 Å². The zero-order valence-electron chi connectivity index (χ0n) is 20.4. The van der Waals surface area contributed by atoms with Crippen LogP contribution in [-0.4, -0.2) is 55.6 Å². The number of carbonyl (C=O) groups is 4. The zero-order valence-corrected chi connectivity index (χ0v) is 21.2. The summed E-state index contributed by atoms with van der Waals surface area (Å²) in [6.45, 7) is 4.56. The van der Waals surface area contributed by atoms with E-state index in [-0.39, 0.29) is 22.9 Å². The monoisotopic (exact) mass is 515 g/mol. The molecule has 0 atom stereocenters. The van der Waals surface area contributed by atoms with Gasteiger partial charge in [0.1, 0.15) is 6.54 Å². The van der Waals surface area contributed by atoms with E-state index in [0.717, 1.165) is 51.3 Å². The molecule has 0 bridgehead atoms. The highest BCUT2D eigenvalue weighted by atomic mass is 32.2. The lowest BCUT2D eigenvalue weighted by Crippen LogP contribution is -2.44. The Morgan fingerprint density at radius 3 is 2.43 bits per heavy atom. The quantitative estimate of drug-likeness (QED) is 0.505. The molecule has 1 N–H and O–H groups in total. The number of hydrogen-bond donors (Lipinski definition) is 1.